The first-order valence-electron chi connectivity index (χ1n) is 7.13. The number of aromatic nitrogens is 2. The summed E-state index contributed by atoms with van der Waals surface area (Å²) in [5.74, 6) is 1.02. The van der Waals surface area contributed by atoms with Gasteiger partial charge in [-0.05, 0) is 20.1 Å². The van der Waals surface area contributed by atoms with Gasteiger partial charge in [0.1, 0.15) is 5.82 Å². The van der Waals surface area contributed by atoms with E-state index in [0.29, 0.717) is 0 Å². The lowest BCUT2D eigenvalue weighted by atomic mass is 9.92. The van der Waals surface area contributed by atoms with Crippen LogP contribution in [0.15, 0.2) is 11.2 Å². The number of rotatable bonds is 2. The average Bonchev–Trinajstić information content (AvgIpc) is 2.36. The molecule has 2 atom stereocenters. The van der Waals surface area contributed by atoms with Crippen molar-refractivity contribution in [3.8, 4) is 0 Å². The zero-order chi connectivity index (χ0) is 14.9. The van der Waals surface area contributed by atoms with Crippen LogP contribution in [0.2, 0.25) is 0 Å². The van der Waals surface area contributed by atoms with E-state index in [1.54, 1.807) is 11.8 Å². The molecule has 1 aromatic heterocycles. The van der Waals surface area contributed by atoms with Gasteiger partial charge in [-0.15, -0.1) is 0 Å². The molecule has 1 saturated heterocycles. The van der Waals surface area contributed by atoms with Gasteiger partial charge in [-0.2, -0.15) is 0 Å². The number of hydrogen-bond acceptors (Lipinski definition) is 5. The molecule has 2 heterocycles. The molecular weight excluding hydrogens is 270 g/mol. The quantitative estimate of drug-likeness (QED) is 0.619. The topological polar surface area (TPSA) is 38.2 Å². The van der Waals surface area contributed by atoms with Crippen molar-refractivity contribution >= 4 is 17.6 Å². The van der Waals surface area contributed by atoms with Crippen molar-refractivity contribution in [2.45, 2.75) is 57.4 Å². The Morgan fingerprint density at radius 3 is 2.30 bits per heavy atom. The lowest BCUT2D eigenvalue weighted by Crippen LogP contribution is -2.46. The van der Waals surface area contributed by atoms with Gasteiger partial charge in [-0.25, -0.2) is 9.97 Å². The molecule has 112 valence electrons. The third-order valence-electron chi connectivity index (χ3n) is 3.39. The van der Waals surface area contributed by atoms with Gasteiger partial charge < -0.3 is 9.64 Å². The van der Waals surface area contributed by atoms with Gasteiger partial charge in [0.2, 0.25) is 0 Å². The third kappa shape index (κ3) is 3.64. The first kappa shape index (κ1) is 15.6. The number of morpholine rings is 1. The summed E-state index contributed by atoms with van der Waals surface area (Å²) in [6, 6.07) is 2.13. The maximum Gasteiger partial charge on any atom is 0.189 e. The maximum absolute atomic E-state index is 5.80. The Kier molecular flexibility index (Phi) is 4.59. The Bertz CT molecular complexity index is 463. The average molecular weight is 295 g/mol. The Morgan fingerprint density at radius 2 is 1.80 bits per heavy atom. The third-order valence-corrected chi connectivity index (χ3v) is 3.93. The highest BCUT2D eigenvalue weighted by atomic mass is 32.2. The zero-order valence-electron chi connectivity index (χ0n) is 13.3. The van der Waals surface area contributed by atoms with Crippen molar-refractivity contribution in [1.29, 1.82) is 0 Å². The van der Waals surface area contributed by atoms with Gasteiger partial charge in [0.25, 0.3) is 0 Å². The van der Waals surface area contributed by atoms with Crippen LogP contribution in [0.25, 0.3) is 0 Å². The van der Waals surface area contributed by atoms with Crippen molar-refractivity contribution in [2.75, 3.05) is 24.2 Å². The normalized spacial score (nSPS) is 24.0. The summed E-state index contributed by atoms with van der Waals surface area (Å²) in [7, 11) is 0. The molecule has 5 heteroatoms. The molecule has 0 aromatic carbocycles. The van der Waals surface area contributed by atoms with E-state index >= 15 is 0 Å². The fraction of sp³-hybridized carbons (Fsp3) is 0.733. The summed E-state index contributed by atoms with van der Waals surface area (Å²) in [4.78, 5) is 11.6. The van der Waals surface area contributed by atoms with Gasteiger partial charge in [0, 0.05) is 24.6 Å². The molecule has 4 nitrogen and oxygen atoms in total. The summed E-state index contributed by atoms with van der Waals surface area (Å²) < 4.78 is 5.80. The van der Waals surface area contributed by atoms with Crippen molar-refractivity contribution in [3.63, 3.8) is 0 Å². The molecule has 1 aliphatic rings. The van der Waals surface area contributed by atoms with Crippen LogP contribution in [0.5, 0.6) is 0 Å². The lowest BCUT2D eigenvalue weighted by molar-refractivity contribution is -0.00550. The minimum atomic E-state index is 0.0334. The van der Waals surface area contributed by atoms with Crippen molar-refractivity contribution in [2.24, 2.45) is 0 Å². The van der Waals surface area contributed by atoms with Crippen molar-refractivity contribution < 1.29 is 4.74 Å². The first-order valence-corrected chi connectivity index (χ1v) is 8.36. The molecule has 20 heavy (non-hydrogen) atoms. The molecular formula is C15H25N3OS. The smallest absolute Gasteiger partial charge is 0.189 e. The van der Waals surface area contributed by atoms with Gasteiger partial charge in [-0.3, -0.25) is 0 Å². The zero-order valence-corrected chi connectivity index (χ0v) is 14.1. The number of ether oxygens (including phenoxy) is 1. The van der Waals surface area contributed by atoms with Crippen LogP contribution in [0, 0.1) is 0 Å². The number of nitrogens with zero attached hydrogens (tertiary/aromatic N) is 3. The van der Waals surface area contributed by atoms with E-state index in [0.717, 1.165) is 29.8 Å². The number of anilines is 1. The number of thioether (sulfide) groups is 1. The van der Waals surface area contributed by atoms with E-state index in [-0.39, 0.29) is 17.6 Å². The highest BCUT2D eigenvalue weighted by Gasteiger charge is 2.25. The molecule has 0 aliphatic carbocycles. The lowest BCUT2D eigenvalue weighted by Gasteiger charge is -2.36. The SMILES string of the molecule is CSc1nc(N2CC(C)OC(C)C2)cc(C(C)(C)C)n1. The molecule has 0 N–H and O–H groups in total. The molecule has 0 radical (unpaired) electrons. The predicted octanol–water partition coefficient (Wildman–Crippen LogP) is 3.11. The van der Waals surface area contributed by atoms with E-state index in [4.69, 9.17) is 4.74 Å². The fourth-order valence-corrected chi connectivity index (χ4v) is 2.79. The molecule has 1 aliphatic heterocycles. The van der Waals surface area contributed by atoms with Crippen molar-refractivity contribution in [1.82, 2.24) is 9.97 Å². The van der Waals surface area contributed by atoms with Gasteiger partial charge in [0.05, 0.1) is 17.9 Å². The second kappa shape index (κ2) is 5.90. The van der Waals surface area contributed by atoms with Crippen molar-refractivity contribution in [3.05, 3.63) is 11.8 Å². The minimum absolute atomic E-state index is 0.0334. The van der Waals surface area contributed by atoms with E-state index in [9.17, 15) is 0 Å². The molecule has 0 bridgehead atoms. The van der Waals surface area contributed by atoms with Crippen LogP contribution >= 0.6 is 11.8 Å². The highest BCUT2D eigenvalue weighted by Crippen LogP contribution is 2.27. The Morgan fingerprint density at radius 1 is 1.20 bits per heavy atom. The number of hydrogen-bond donors (Lipinski definition) is 0. The fourth-order valence-electron chi connectivity index (χ4n) is 2.42. The largest absolute Gasteiger partial charge is 0.372 e. The maximum atomic E-state index is 5.80. The summed E-state index contributed by atoms with van der Waals surface area (Å²) >= 11 is 1.60. The van der Waals surface area contributed by atoms with Crippen LogP contribution in [0.4, 0.5) is 5.82 Å². The summed E-state index contributed by atoms with van der Waals surface area (Å²) in [5.41, 5.74) is 1.13. The summed E-state index contributed by atoms with van der Waals surface area (Å²) in [6.07, 6.45) is 2.50. The second-order valence-corrected chi connectivity index (χ2v) is 7.28. The second-order valence-electron chi connectivity index (χ2n) is 6.51. The first-order chi connectivity index (χ1) is 9.29. The molecule has 1 fully saturated rings. The van der Waals surface area contributed by atoms with Gasteiger partial charge in [0.15, 0.2) is 5.16 Å². The molecule has 0 saturated carbocycles. The van der Waals surface area contributed by atoms with Crippen LogP contribution in [0.1, 0.15) is 40.3 Å². The van der Waals surface area contributed by atoms with Crippen LogP contribution in [0.3, 0.4) is 0 Å². The minimum Gasteiger partial charge on any atom is -0.372 e. The molecule has 0 spiro atoms. The monoisotopic (exact) mass is 295 g/mol. The molecule has 2 rings (SSSR count). The van der Waals surface area contributed by atoms with E-state index in [2.05, 4.69) is 55.6 Å². The summed E-state index contributed by atoms with van der Waals surface area (Å²) in [6.45, 7) is 12.6. The molecule has 1 aromatic rings. The van der Waals surface area contributed by atoms with Crippen LogP contribution in [-0.4, -0.2) is 41.5 Å². The van der Waals surface area contributed by atoms with Crippen LogP contribution < -0.4 is 4.90 Å². The summed E-state index contributed by atoms with van der Waals surface area (Å²) in [5, 5.41) is 0.847. The van der Waals surface area contributed by atoms with E-state index in [1.165, 1.54) is 0 Å². The van der Waals surface area contributed by atoms with E-state index in [1.807, 2.05) is 6.26 Å². The van der Waals surface area contributed by atoms with Gasteiger partial charge in [-0.1, -0.05) is 32.5 Å². The standard InChI is InChI=1S/C15H25N3OS/c1-10-8-18(9-11(2)19-10)13-7-12(15(3,4)5)16-14(17-13)20-6/h7,10-11H,8-9H2,1-6H3. The molecule has 2 unspecified atom stereocenters. The predicted molar refractivity (Wildman–Crippen MR) is 84.7 cm³/mol. The Balaban J connectivity index is 2.35. The van der Waals surface area contributed by atoms with Gasteiger partial charge >= 0.3 is 0 Å². The Hall–Kier alpha value is -0.810. The molecule has 0 amide bonds. The Labute approximate surface area is 126 Å². The van der Waals surface area contributed by atoms with Crippen LogP contribution in [-0.2, 0) is 10.2 Å². The highest BCUT2D eigenvalue weighted by molar-refractivity contribution is 7.98. The van der Waals surface area contributed by atoms with E-state index < -0.39 is 0 Å².